The maximum Gasteiger partial charge on any atom is 0.146 e. The molecule has 1 unspecified atom stereocenters. The van der Waals surface area contributed by atoms with Crippen molar-refractivity contribution in [1.82, 2.24) is 9.78 Å². The Morgan fingerprint density at radius 2 is 2.11 bits per heavy atom. The van der Waals surface area contributed by atoms with Gasteiger partial charge < -0.3 is 5.73 Å². The third-order valence-corrected chi connectivity index (χ3v) is 4.07. The predicted molar refractivity (Wildman–Crippen MR) is 76.9 cm³/mol. The van der Waals surface area contributed by atoms with E-state index >= 15 is 0 Å². The minimum atomic E-state index is -0.446. The molecule has 0 spiro atoms. The Balaban J connectivity index is 2.34. The van der Waals surface area contributed by atoms with E-state index in [4.69, 9.17) is 5.73 Å². The molecule has 1 atom stereocenters. The first-order valence-electron chi connectivity index (χ1n) is 6.66. The van der Waals surface area contributed by atoms with Gasteiger partial charge in [-0.3, -0.25) is 9.48 Å². The van der Waals surface area contributed by atoms with Crippen LogP contribution in [-0.2, 0) is 18.3 Å². The molecule has 0 aliphatic heterocycles. The number of nitrogens with zero attached hydrogens (tertiary/aromatic N) is 2. The third-order valence-electron chi connectivity index (χ3n) is 4.07. The lowest BCUT2D eigenvalue weighted by molar-refractivity contribution is -0.127. The van der Waals surface area contributed by atoms with E-state index in [1.165, 1.54) is 0 Å². The van der Waals surface area contributed by atoms with Crippen LogP contribution < -0.4 is 5.73 Å². The minimum absolute atomic E-state index is 0.168. The lowest BCUT2D eigenvalue weighted by atomic mass is 9.81. The van der Waals surface area contributed by atoms with Crippen molar-refractivity contribution in [3.05, 3.63) is 30.0 Å². The lowest BCUT2D eigenvalue weighted by Crippen LogP contribution is -2.36. The Morgan fingerprint density at radius 1 is 1.42 bits per heavy atom. The number of benzene rings is 1. The van der Waals surface area contributed by atoms with Gasteiger partial charge in [-0.05, 0) is 12.5 Å². The minimum Gasteiger partial charge on any atom is -0.329 e. The van der Waals surface area contributed by atoms with Crippen molar-refractivity contribution in [2.45, 2.75) is 26.7 Å². The van der Waals surface area contributed by atoms with Gasteiger partial charge in [-0.1, -0.05) is 32.0 Å². The molecular weight excluding hydrogens is 238 g/mol. The number of ketones is 1. The average Bonchev–Trinajstić information content (AvgIpc) is 2.75. The fourth-order valence-electron chi connectivity index (χ4n) is 2.24. The van der Waals surface area contributed by atoms with Crippen molar-refractivity contribution < 1.29 is 4.79 Å². The van der Waals surface area contributed by atoms with E-state index in [9.17, 15) is 4.79 Å². The van der Waals surface area contributed by atoms with E-state index in [0.717, 1.165) is 23.0 Å². The summed E-state index contributed by atoms with van der Waals surface area (Å²) < 4.78 is 1.82. The highest BCUT2D eigenvalue weighted by Crippen LogP contribution is 2.25. The van der Waals surface area contributed by atoms with Crippen LogP contribution in [0, 0.1) is 5.41 Å². The van der Waals surface area contributed by atoms with E-state index in [0.29, 0.717) is 13.0 Å². The SMILES string of the molecule is CCC(C)(CN)C(=O)Cc1nn(C)c2ccccc12. The molecule has 2 rings (SSSR count). The highest BCUT2D eigenvalue weighted by atomic mass is 16.1. The predicted octanol–water partition coefficient (Wildman–Crippen LogP) is 2.06. The number of fused-ring (bicyclic) bond motifs is 1. The van der Waals surface area contributed by atoms with Gasteiger partial charge in [-0.25, -0.2) is 0 Å². The van der Waals surface area contributed by atoms with Crippen molar-refractivity contribution in [1.29, 1.82) is 0 Å². The topological polar surface area (TPSA) is 60.9 Å². The average molecular weight is 259 g/mol. The van der Waals surface area contributed by atoms with Gasteiger partial charge in [-0.15, -0.1) is 0 Å². The monoisotopic (exact) mass is 259 g/mol. The zero-order valence-electron chi connectivity index (χ0n) is 11.8. The summed E-state index contributed by atoms with van der Waals surface area (Å²) in [7, 11) is 1.90. The summed E-state index contributed by atoms with van der Waals surface area (Å²) in [5.41, 5.74) is 7.19. The molecule has 1 aromatic heterocycles. The summed E-state index contributed by atoms with van der Waals surface area (Å²) in [6.45, 7) is 4.31. The molecule has 0 aliphatic rings. The molecule has 1 aromatic carbocycles. The maximum atomic E-state index is 12.4. The summed E-state index contributed by atoms with van der Waals surface area (Å²) in [6.07, 6.45) is 1.11. The van der Waals surface area contributed by atoms with Crippen LogP contribution >= 0.6 is 0 Å². The largest absolute Gasteiger partial charge is 0.329 e. The number of carbonyl (C=O) groups excluding carboxylic acids is 1. The summed E-state index contributed by atoms with van der Waals surface area (Å²) in [5.74, 6) is 0.168. The second-order valence-corrected chi connectivity index (χ2v) is 5.31. The van der Waals surface area contributed by atoms with Crippen LogP contribution in [0.3, 0.4) is 0 Å². The molecule has 4 heteroatoms. The summed E-state index contributed by atoms with van der Waals surface area (Å²) in [6, 6.07) is 7.97. The number of aromatic nitrogens is 2. The highest BCUT2D eigenvalue weighted by molar-refractivity contribution is 5.91. The van der Waals surface area contributed by atoms with Crippen LogP contribution in [0.25, 0.3) is 10.9 Å². The van der Waals surface area contributed by atoms with E-state index < -0.39 is 5.41 Å². The zero-order valence-corrected chi connectivity index (χ0v) is 11.8. The van der Waals surface area contributed by atoms with E-state index in [1.807, 2.05) is 49.8 Å². The number of rotatable bonds is 5. The first-order valence-corrected chi connectivity index (χ1v) is 6.66. The molecule has 102 valence electrons. The molecule has 0 saturated heterocycles. The van der Waals surface area contributed by atoms with Gasteiger partial charge in [0.25, 0.3) is 0 Å². The normalized spacial score (nSPS) is 14.5. The van der Waals surface area contributed by atoms with Crippen molar-refractivity contribution in [3.63, 3.8) is 0 Å². The highest BCUT2D eigenvalue weighted by Gasteiger charge is 2.30. The maximum absolute atomic E-state index is 12.4. The Kier molecular flexibility index (Phi) is 3.71. The van der Waals surface area contributed by atoms with Gasteiger partial charge in [0.05, 0.1) is 17.6 Å². The number of carbonyl (C=O) groups is 1. The number of nitrogens with two attached hydrogens (primary N) is 1. The van der Waals surface area contributed by atoms with Crippen LogP contribution in [0.4, 0.5) is 0 Å². The van der Waals surface area contributed by atoms with Crippen molar-refractivity contribution in [2.75, 3.05) is 6.54 Å². The van der Waals surface area contributed by atoms with Gasteiger partial charge in [0.2, 0.25) is 0 Å². The van der Waals surface area contributed by atoms with Crippen molar-refractivity contribution >= 4 is 16.7 Å². The lowest BCUT2D eigenvalue weighted by Gasteiger charge is -2.24. The molecule has 0 amide bonds. The van der Waals surface area contributed by atoms with Gasteiger partial charge in [0, 0.05) is 24.4 Å². The standard InChI is InChI=1S/C15H21N3O/c1-4-15(2,10-16)14(19)9-12-11-7-5-6-8-13(11)18(3)17-12/h5-8H,4,9-10,16H2,1-3H3. The summed E-state index contributed by atoms with van der Waals surface area (Å²) in [4.78, 5) is 12.4. The van der Waals surface area contributed by atoms with Crippen molar-refractivity contribution in [3.8, 4) is 0 Å². The van der Waals surface area contributed by atoms with Crippen LogP contribution in [0.15, 0.2) is 24.3 Å². The summed E-state index contributed by atoms with van der Waals surface area (Å²) >= 11 is 0. The Morgan fingerprint density at radius 3 is 2.74 bits per heavy atom. The first-order chi connectivity index (χ1) is 9.01. The second kappa shape index (κ2) is 5.13. The van der Waals surface area contributed by atoms with Gasteiger partial charge in [0.1, 0.15) is 5.78 Å². The molecule has 0 aliphatic carbocycles. The molecule has 2 N–H and O–H groups in total. The van der Waals surface area contributed by atoms with E-state index in [2.05, 4.69) is 5.10 Å². The third kappa shape index (κ3) is 2.40. The van der Waals surface area contributed by atoms with Crippen LogP contribution in [0.2, 0.25) is 0 Å². The molecule has 0 radical (unpaired) electrons. The van der Waals surface area contributed by atoms with Gasteiger partial charge in [0.15, 0.2) is 0 Å². The molecule has 1 heterocycles. The fourth-order valence-corrected chi connectivity index (χ4v) is 2.24. The fraction of sp³-hybridized carbons (Fsp3) is 0.467. The number of hydrogen-bond acceptors (Lipinski definition) is 3. The molecule has 0 fully saturated rings. The number of aryl methyl sites for hydroxylation is 1. The number of para-hydroxylation sites is 1. The molecule has 19 heavy (non-hydrogen) atoms. The molecule has 0 saturated carbocycles. The van der Waals surface area contributed by atoms with E-state index in [-0.39, 0.29) is 5.78 Å². The second-order valence-electron chi connectivity index (χ2n) is 5.31. The zero-order chi connectivity index (χ0) is 14.0. The van der Waals surface area contributed by atoms with Crippen LogP contribution in [0.5, 0.6) is 0 Å². The Labute approximate surface area is 113 Å². The molecule has 4 nitrogen and oxygen atoms in total. The smallest absolute Gasteiger partial charge is 0.146 e. The Bertz CT molecular complexity index is 596. The number of Topliss-reactive ketones (excluding diaryl/α,β-unsaturated/α-hetero) is 1. The number of hydrogen-bond donors (Lipinski definition) is 1. The van der Waals surface area contributed by atoms with Crippen LogP contribution in [-0.4, -0.2) is 22.1 Å². The van der Waals surface area contributed by atoms with Crippen molar-refractivity contribution in [2.24, 2.45) is 18.2 Å². The van der Waals surface area contributed by atoms with E-state index in [1.54, 1.807) is 0 Å². The molecule has 0 bridgehead atoms. The van der Waals surface area contributed by atoms with Gasteiger partial charge >= 0.3 is 0 Å². The quantitative estimate of drug-likeness (QED) is 0.894. The molecule has 2 aromatic rings. The van der Waals surface area contributed by atoms with Crippen LogP contribution in [0.1, 0.15) is 26.0 Å². The Hall–Kier alpha value is -1.68. The van der Waals surface area contributed by atoms with Gasteiger partial charge in [-0.2, -0.15) is 5.10 Å². The summed E-state index contributed by atoms with van der Waals surface area (Å²) in [5, 5.41) is 5.52. The first kappa shape index (κ1) is 13.7. The molecular formula is C15H21N3O.